The van der Waals surface area contributed by atoms with Crippen LogP contribution < -0.4 is 5.32 Å². The summed E-state index contributed by atoms with van der Waals surface area (Å²) in [6, 6.07) is 3.78. The van der Waals surface area contributed by atoms with E-state index in [0.29, 0.717) is 16.5 Å². The Morgan fingerprint density at radius 1 is 1.30 bits per heavy atom. The van der Waals surface area contributed by atoms with Crippen molar-refractivity contribution in [1.29, 1.82) is 0 Å². The van der Waals surface area contributed by atoms with E-state index in [9.17, 15) is 4.79 Å². The smallest absolute Gasteiger partial charge is 0.262 e. The van der Waals surface area contributed by atoms with Gasteiger partial charge < -0.3 is 4.57 Å². The molecule has 0 aliphatic heterocycles. The Labute approximate surface area is 118 Å². The van der Waals surface area contributed by atoms with E-state index in [-0.39, 0.29) is 5.91 Å². The first-order chi connectivity index (χ1) is 9.65. The number of hydrogen-bond acceptors (Lipinski definition) is 5. The highest BCUT2D eigenvalue weighted by Crippen LogP contribution is 2.18. The van der Waals surface area contributed by atoms with E-state index in [1.807, 2.05) is 36.0 Å². The molecule has 0 fully saturated rings. The number of amides is 1. The summed E-state index contributed by atoms with van der Waals surface area (Å²) < 4.78 is 3.49. The summed E-state index contributed by atoms with van der Waals surface area (Å²) in [6.45, 7) is 1.84. The monoisotopic (exact) mass is 288 g/mol. The number of nitrogens with one attached hydrogen (secondary N) is 1. The van der Waals surface area contributed by atoms with Crippen molar-refractivity contribution in [3.8, 4) is 5.82 Å². The van der Waals surface area contributed by atoms with Crippen LogP contribution in [0.2, 0.25) is 0 Å². The molecule has 3 rings (SSSR count). The molecule has 3 heterocycles. The van der Waals surface area contributed by atoms with Gasteiger partial charge in [-0.1, -0.05) is 11.3 Å². The molecule has 0 atom stereocenters. The quantitative estimate of drug-likeness (QED) is 0.794. The molecule has 0 aliphatic carbocycles. The Bertz CT molecular complexity index is 742. The zero-order valence-electron chi connectivity index (χ0n) is 10.9. The fourth-order valence-corrected chi connectivity index (χ4v) is 2.47. The largest absolute Gasteiger partial charge is 0.308 e. The first-order valence-corrected chi connectivity index (χ1v) is 6.73. The van der Waals surface area contributed by atoms with E-state index in [0.717, 1.165) is 5.01 Å². The van der Waals surface area contributed by atoms with Crippen molar-refractivity contribution in [3.63, 3.8) is 0 Å². The highest BCUT2D eigenvalue weighted by atomic mass is 32.1. The predicted molar refractivity (Wildman–Crippen MR) is 75.1 cm³/mol. The van der Waals surface area contributed by atoms with Crippen molar-refractivity contribution in [3.05, 3.63) is 41.3 Å². The summed E-state index contributed by atoms with van der Waals surface area (Å²) in [5, 5.41) is 15.9. The Balaban J connectivity index is 1.93. The molecule has 0 saturated heterocycles. The Morgan fingerprint density at radius 3 is 2.70 bits per heavy atom. The summed E-state index contributed by atoms with van der Waals surface area (Å²) in [7, 11) is 1.79. The van der Waals surface area contributed by atoms with Crippen LogP contribution in [0.15, 0.2) is 30.7 Å². The van der Waals surface area contributed by atoms with Gasteiger partial charge >= 0.3 is 0 Å². The van der Waals surface area contributed by atoms with Crippen molar-refractivity contribution in [2.75, 3.05) is 5.32 Å². The van der Waals surface area contributed by atoms with Crippen LogP contribution in [0.4, 0.5) is 5.13 Å². The van der Waals surface area contributed by atoms with Crippen molar-refractivity contribution >= 4 is 22.4 Å². The number of aromatic nitrogens is 5. The lowest BCUT2D eigenvalue weighted by atomic mass is 10.3. The number of nitrogens with zero attached hydrogens (tertiary/aromatic N) is 5. The van der Waals surface area contributed by atoms with Gasteiger partial charge in [0.25, 0.3) is 5.91 Å². The zero-order chi connectivity index (χ0) is 14.1. The molecule has 7 nitrogen and oxygen atoms in total. The maximum atomic E-state index is 12.3. The summed E-state index contributed by atoms with van der Waals surface area (Å²) >= 11 is 1.33. The van der Waals surface area contributed by atoms with Gasteiger partial charge in [-0.15, -0.1) is 10.2 Å². The number of hydrogen-bond donors (Lipinski definition) is 1. The average molecular weight is 288 g/mol. The lowest BCUT2D eigenvalue weighted by Gasteiger charge is -2.06. The van der Waals surface area contributed by atoms with Gasteiger partial charge in [0.15, 0.2) is 0 Å². The van der Waals surface area contributed by atoms with Crippen LogP contribution in [-0.2, 0) is 7.05 Å². The Morgan fingerprint density at radius 2 is 2.05 bits per heavy atom. The van der Waals surface area contributed by atoms with Crippen LogP contribution in [0.1, 0.15) is 15.4 Å². The van der Waals surface area contributed by atoms with E-state index in [2.05, 4.69) is 20.6 Å². The fourth-order valence-electron chi connectivity index (χ4n) is 1.88. The minimum Gasteiger partial charge on any atom is -0.308 e. The van der Waals surface area contributed by atoms with Crippen molar-refractivity contribution < 1.29 is 4.79 Å². The number of carbonyl (C=O) groups excluding carboxylic acids is 1. The maximum Gasteiger partial charge on any atom is 0.262 e. The lowest BCUT2D eigenvalue weighted by molar-refractivity contribution is 0.102. The molecule has 1 N–H and O–H groups in total. The average Bonchev–Trinajstić information content (AvgIpc) is 3.10. The molecule has 8 heteroatoms. The van der Waals surface area contributed by atoms with Gasteiger partial charge in [-0.25, -0.2) is 0 Å². The van der Waals surface area contributed by atoms with E-state index >= 15 is 0 Å². The standard InChI is InChI=1S/C12H12N6OS/c1-8-15-16-12(20-8)14-10(19)9-7-13-17(2)11(9)18-5-3-4-6-18/h3-7H,1-2H3,(H,14,16,19). The van der Waals surface area contributed by atoms with Gasteiger partial charge in [0, 0.05) is 19.4 Å². The molecule has 0 saturated carbocycles. The Hall–Kier alpha value is -2.48. The highest BCUT2D eigenvalue weighted by molar-refractivity contribution is 7.15. The van der Waals surface area contributed by atoms with Crippen molar-refractivity contribution in [1.82, 2.24) is 24.5 Å². The molecule has 20 heavy (non-hydrogen) atoms. The van der Waals surface area contributed by atoms with Crippen molar-refractivity contribution in [2.24, 2.45) is 7.05 Å². The van der Waals surface area contributed by atoms with E-state index in [1.54, 1.807) is 17.9 Å². The normalized spacial score (nSPS) is 10.7. The molecule has 0 aromatic carbocycles. The van der Waals surface area contributed by atoms with Crippen LogP contribution in [0, 0.1) is 6.92 Å². The highest BCUT2D eigenvalue weighted by Gasteiger charge is 2.18. The molecule has 0 radical (unpaired) electrons. The van der Waals surface area contributed by atoms with Gasteiger partial charge in [-0.05, 0) is 19.1 Å². The van der Waals surface area contributed by atoms with E-state index in [1.165, 1.54) is 11.3 Å². The second-order valence-electron chi connectivity index (χ2n) is 4.18. The molecule has 0 spiro atoms. The maximum absolute atomic E-state index is 12.3. The third-order valence-electron chi connectivity index (χ3n) is 2.75. The summed E-state index contributed by atoms with van der Waals surface area (Å²) in [4.78, 5) is 12.3. The van der Waals surface area contributed by atoms with Crippen LogP contribution in [-0.4, -0.2) is 30.5 Å². The third kappa shape index (κ3) is 2.21. The number of rotatable bonds is 3. The summed E-state index contributed by atoms with van der Waals surface area (Å²) in [6.07, 6.45) is 5.27. The lowest BCUT2D eigenvalue weighted by Crippen LogP contribution is -2.14. The first-order valence-electron chi connectivity index (χ1n) is 5.92. The number of carbonyl (C=O) groups is 1. The van der Waals surface area contributed by atoms with Gasteiger partial charge in [0.05, 0.1) is 6.20 Å². The third-order valence-corrected chi connectivity index (χ3v) is 3.50. The minimum absolute atomic E-state index is 0.252. The predicted octanol–water partition coefficient (Wildman–Crippen LogP) is 1.62. The van der Waals surface area contributed by atoms with Gasteiger partial charge in [-0.3, -0.25) is 14.8 Å². The fraction of sp³-hybridized carbons (Fsp3) is 0.167. The molecule has 0 unspecified atom stereocenters. The molecule has 3 aromatic rings. The zero-order valence-corrected chi connectivity index (χ0v) is 11.8. The molecule has 102 valence electrons. The molecule has 0 aliphatic rings. The van der Waals surface area contributed by atoms with Gasteiger partial charge in [-0.2, -0.15) is 5.10 Å². The van der Waals surface area contributed by atoms with E-state index < -0.39 is 0 Å². The summed E-state index contributed by atoms with van der Waals surface area (Å²) in [5.41, 5.74) is 0.483. The molecule has 3 aromatic heterocycles. The van der Waals surface area contributed by atoms with Crippen LogP contribution >= 0.6 is 11.3 Å². The Kier molecular flexibility index (Phi) is 3.07. The van der Waals surface area contributed by atoms with Crippen molar-refractivity contribution in [2.45, 2.75) is 6.92 Å². The second-order valence-corrected chi connectivity index (χ2v) is 5.36. The molecular weight excluding hydrogens is 276 g/mol. The molecular formula is C12H12N6OS. The first kappa shape index (κ1) is 12.5. The topological polar surface area (TPSA) is 77.6 Å². The van der Waals surface area contributed by atoms with Gasteiger partial charge in [0.1, 0.15) is 16.4 Å². The molecule has 1 amide bonds. The van der Waals surface area contributed by atoms with Gasteiger partial charge in [0.2, 0.25) is 5.13 Å². The minimum atomic E-state index is -0.252. The van der Waals surface area contributed by atoms with E-state index in [4.69, 9.17) is 0 Å². The SMILES string of the molecule is Cc1nnc(NC(=O)c2cnn(C)c2-n2cccc2)s1. The molecule has 0 bridgehead atoms. The number of anilines is 1. The summed E-state index contributed by atoms with van der Waals surface area (Å²) in [5.74, 6) is 0.451. The number of aryl methyl sites for hydroxylation is 2. The van der Waals surface area contributed by atoms with Crippen LogP contribution in [0.25, 0.3) is 5.82 Å². The van der Waals surface area contributed by atoms with Crippen LogP contribution in [0.3, 0.4) is 0 Å². The second kappa shape index (κ2) is 4.89. The van der Waals surface area contributed by atoms with Crippen LogP contribution in [0.5, 0.6) is 0 Å².